The van der Waals surface area contributed by atoms with Crippen molar-refractivity contribution in [2.75, 3.05) is 31.7 Å². The van der Waals surface area contributed by atoms with Crippen LogP contribution in [0.3, 0.4) is 0 Å². The number of ether oxygens (including phenoxy) is 1. The highest BCUT2D eigenvalue weighted by molar-refractivity contribution is 7.91. The van der Waals surface area contributed by atoms with Crippen molar-refractivity contribution >= 4 is 26.8 Å². The Hall–Kier alpha value is -2.94. The van der Waals surface area contributed by atoms with Gasteiger partial charge in [-0.05, 0) is 50.3 Å². The molecule has 0 radical (unpaired) electrons. The predicted octanol–water partition coefficient (Wildman–Crippen LogP) is 3.65. The van der Waals surface area contributed by atoms with Gasteiger partial charge in [0, 0.05) is 18.7 Å². The number of carbonyl (C=O) groups is 1. The molecule has 8 nitrogen and oxygen atoms in total. The highest BCUT2D eigenvalue weighted by Gasteiger charge is 2.33. The van der Waals surface area contributed by atoms with E-state index < -0.39 is 9.84 Å². The SMILES string of the molecule is COc1cccc(-c2cc3c(nc(C)n3[C@@H]3CCS(=O)(=O)C3)c(C(=O)N3CCC(C)CC3)n2)c1. The molecule has 5 rings (SSSR count). The molecule has 1 atom stereocenters. The molecule has 2 fully saturated rings. The number of imidazole rings is 1. The summed E-state index contributed by atoms with van der Waals surface area (Å²) >= 11 is 0. The lowest BCUT2D eigenvalue weighted by Gasteiger charge is -2.30. The molecule has 0 aliphatic carbocycles. The molecule has 0 bridgehead atoms. The van der Waals surface area contributed by atoms with Crippen LogP contribution in [0.4, 0.5) is 0 Å². The van der Waals surface area contributed by atoms with Gasteiger partial charge >= 0.3 is 0 Å². The Bertz CT molecular complexity index is 1360. The van der Waals surface area contributed by atoms with Crippen LogP contribution in [0, 0.1) is 12.8 Å². The summed E-state index contributed by atoms with van der Waals surface area (Å²) in [5, 5.41) is 0. The predicted molar refractivity (Wildman–Crippen MR) is 131 cm³/mol. The Morgan fingerprint density at radius 1 is 1.12 bits per heavy atom. The Morgan fingerprint density at radius 2 is 1.88 bits per heavy atom. The van der Waals surface area contributed by atoms with Gasteiger partial charge in [-0.3, -0.25) is 4.79 Å². The van der Waals surface area contributed by atoms with Crippen molar-refractivity contribution in [3.05, 3.63) is 41.9 Å². The largest absolute Gasteiger partial charge is 0.497 e. The molecule has 2 aliphatic heterocycles. The van der Waals surface area contributed by atoms with Gasteiger partial charge < -0.3 is 14.2 Å². The molecule has 34 heavy (non-hydrogen) atoms. The maximum atomic E-state index is 13.7. The number of amides is 1. The lowest BCUT2D eigenvalue weighted by atomic mass is 9.99. The maximum absolute atomic E-state index is 13.7. The first-order chi connectivity index (χ1) is 16.3. The van der Waals surface area contributed by atoms with E-state index in [4.69, 9.17) is 14.7 Å². The van der Waals surface area contributed by atoms with Crippen molar-refractivity contribution in [1.82, 2.24) is 19.4 Å². The summed E-state index contributed by atoms with van der Waals surface area (Å²) in [4.78, 5) is 25.1. The minimum Gasteiger partial charge on any atom is -0.497 e. The molecule has 3 aromatic rings. The molecule has 0 saturated carbocycles. The van der Waals surface area contributed by atoms with Gasteiger partial charge in [-0.15, -0.1) is 0 Å². The summed E-state index contributed by atoms with van der Waals surface area (Å²) in [5.41, 5.74) is 3.08. The van der Waals surface area contributed by atoms with Gasteiger partial charge in [0.05, 0.1) is 35.9 Å². The normalized spacial score (nSPS) is 20.7. The Morgan fingerprint density at radius 3 is 2.56 bits per heavy atom. The van der Waals surface area contributed by atoms with Crippen molar-refractivity contribution in [1.29, 1.82) is 0 Å². The van der Waals surface area contributed by atoms with Gasteiger partial charge in [0.1, 0.15) is 17.1 Å². The minimum absolute atomic E-state index is 0.0867. The lowest BCUT2D eigenvalue weighted by Crippen LogP contribution is -2.38. The molecule has 2 aliphatic rings. The van der Waals surface area contributed by atoms with Gasteiger partial charge in [-0.1, -0.05) is 19.1 Å². The van der Waals surface area contributed by atoms with Crippen molar-refractivity contribution in [3.63, 3.8) is 0 Å². The van der Waals surface area contributed by atoms with Crippen molar-refractivity contribution in [2.24, 2.45) is 5.92 Å². The number of piperidine rings is 1. The number of hydrogen-bond donors (Lipinski definition) is 0. The first kappa shape index (κ1) is 22.8. The molecule has 2 aromatic heterocycles. The fourth-order valence-electron chi connectivity index (χ4n) is 5.09. The number of sulfone groups is 1. The van der Waals surface area contributed by atoms with Gasteiger partial charge in [0.25, 0.3) is 5.91 Å². The molecule has 0 unspecified atom stereocenters. The molecular weight excluding hydrogens is 452 g/mol. The highest BCUT2D eigenvalue weighted by atomic mass is 32.2. The van der Waals surface area contributed by atoms with E-state index in [1.54, 1.807) is 7.11 Å². The fourth-order valence-corrected chi connectivity index (χ4v) is 6.79. The standard InChI is InChI=1S/C25H30N4O4S/c1-16-7-10-28(11-8-16)25(30)24-23-22(14-21(27-24)18-5-4-6-20(13-18)33-3)29(17(2)26-23)19-9-12-34(31,32)15-19/h4-6,13-14,16,19H,7-12,15H2,1-3H3/t19-/m1/s1. The van der Waals surface area contributed by atoms with E-state index in [0.717, 1.165) is 23.9 Å². The number of methoxy groups -OCH3 is 1. The van der Waals surface area contributed by atoms with Gasteiger partial charge in [0.2, 0.25) is 0 Å². The van der Waals surface area contributed by atoms with Crippen LogP contribution in [0.25, 0.3) is 22.3 Å². The second-order valence-corrected chi connectivity index (χ2v) is 11.7. The zero-order valence-corrected chi connectivity index (χ0v) is 20.6. The molecule has 0 spiro atoms. The highest BCUT2D eigenvalue weighted by Crippen LogP contribution is 2.33. The molecular formula is C25H30N4O4S. The number of nitrogens with zero attached hydrogens (tertiary/aromatic N) is 4. The number of pyridine rings is 1. The smallest absolute Gasteiger partial charge is 0.274 e. The van der Waals surface area contributed by atoms with Crippen molar-refractivity contribution in [2.45, 2.75) is 39.2 Å². The monoisotopic (exact) mass is 482 g/mol. The lowest BCUT2D eigenvalue weighted by molar-refractivity contribution is 0.0693. The van der Waals surface area contributed by atoms with Gasteiger partial charge in [-0.25, -0.2) is 18.4 Å². The van der Waals surface area contributed by atoms with Crippen molar-refractivity contribution in [3.8, 4) is 17.0 Å². The van der Waals surface area contributed by atoms with Crippen LogP contribution in [0.1, 0.15) is 48.5 Å². The van der Waals surface area contributed by atoms with Crippen LogP contribution in [0.15, 0.2) is 30.3 Å². The summed E-state index contributed by atoms with van der Waals surface area (Å²) in [7, 11) is -1.47. The van der Waals surface area contributed by atoms with Crippen LogP contribution in [-0.2, 0) is 9.84 Å². The van der Waals surface area contributed by atoms with Crippen LogP contribution in [0.2, 0.25) is 0 Å². The Balaban J connectivity index is 1.68. The Labute approximate surface area is 199 Å². The molecule has 4 heterocycles. The average Bonchev–Trinajstić information content (AvgIpc) is 3.35. The van der Waals surface area contributed by atoms with E-state index in [9.17, 15) is 13.2 Å². The first-order valence-corrected chi connectivity index (χ1v) is 13.6. The van der Waals surface area contributed by atoms with E-state index in [0.29, 0.717) is 53.9 Å². The number of carbonyl (C=O) groups excluding carboxylic acids is 1. The first-order valence-electron chi connectivity index (χ1n) is 11.8. The van der Waals surface area contributed by atoms with E-state index in [2.05, 4.69) is 6.92 Å². The summed E-state index contributed by atoms with van der Waals surface area (Å²) in [6.45, 7) is 5.48. The number of aromatic nitrogens is 3. The van der Waals surface area contributed by atoms with E-state index in [1.165, 1.54) is 0 Å². The molecule has 9 heteroatoms. The van der Waals surface area contributed by atoms with Crippen molar-refractivity contribution < 1.29 is 17.9 Å². The summed E-state index contributed by atoms with van der Waals surface area (Å²) < 4.78 is 31.8. The summed E-state index contributed by atoms with van der Waals surface area (Å²) in [5.74, 6) is 2.13. The average molecular weight is 483 g/mol. The van der Waals surface area contributed by atoms with E-state index >= 15 is 0 Å². The molecule has 2 saturated heterocycles. The maximum Gasteiger partial charge on any atom is 0.274 e. The Kier molecular flexibility index (Phi) is 5.83. The number of fused-ring (bicyclic) bond motifs is 1. The third-order valence-corrected chi connectivity index (χ3v) is 8.82. The third kappa shape index (κ3) is 4.17. The van der Waals surface area contributed by atoms with Gasteiger partial charge in [-0.2, -0.15) is 0 Å². The quantitative estimate of drug-likeness (QED) is 0.563. The minimum atomic E-state index is -3.08. The third-order valence-electron chi connectivity index (χ3n) is 7.07. The zero-order valence-electron chi connectivity index (χ0n) is 19.8. The second-order valence-electron chi connectivity index (χ2n) is 9.52. The van der Waals surface area contributed by atoms with Crippen LogP contribution in [0.5, 0.6) is 5.75 Å². The van der Waals surface area contributed by atoms with Crippen LogP contribution in [-0.4, -0.2) is 65.5 Å². The molecule has 1 aromatic carbocycles. The second kappa shape index (κ2) is 8.69. The van der Waals surface area contributed by atoms with Gasteiger partial charge in [0.15, 0.2) is 15.5 Å². The van der Waals surface area contributed by atoms with Crippen LogP contribution < -0.4 is 4.74 Å². The fraction of sp³-hybridized carbons (Fsp3) is 0.480. The van der Waals surface area contributed by atoms with E-state index in [1.807, 2.05) is 46.7 Å². The molecule has 180 valence electrons. The molecule has 0 N–H and O–H groups in total. The summed E-state index contributed by atoms with van der Waals surface area (Å²) in [6.07, 6.45) is 2.48. The topological polar surface area (TPSA) is 94.4 Å². The number of hydrogen-bond acceptors (Lipinski definition) is 6. The zero-order chi connectivity index (χ0) is 24.0. The number of rotatable bonds is 4. The van der Waals surface area contributed by atoms with E-state index in [-0.39, 0.29) is 23.5 Å². The number of likely N-dealkylation sites (tertiary alicyclic amines) is 1. The summed E-state index contributed by atoms with van der Waals surface area (Å²) in [6, 6.07) is 9.29. The molecule has 1 amide bonds. The number of aryl methyl sites for hydroxylation is 1. The number of benzene rings is 1. The van der Waals surface area contributed by atoms with Crippen LogP contribution >= 0.6 is 0 Å².